The first-order valence-electron chi connectivity index (χ1n) is 7.70. The lowest BCUT2D eigenvalue weighted by Crippen LogP contribution is -2.40. The molecule has 0 saturated heterocycles. The lowest BCUT2D eigenvalue weighted by molar-refractivity contribution is -0.124. The third-order valence-corrected chi connectivity index (χ3v) is 4.76. The smallest absolute Gasteiger partial charge is 0.229 e. The first kappa shape index (κ1) is 13.6. The van der Waals surface area contributed by atoms with E-state index < -0.39 is 5.60 Å². The highest BCUT2D eigenvalue weighted by molar-refractivity contribution is 5.96. The first-order chi connectivity index (χ1) is 9.59. The molecule has 1 aromatic carbocycles. The molecule has 108 valence electrons. The number of hydrogen-bond acceptors (Lipinski definition) is 2. The van der Waals surface area contributed by atoms with E-state index in [1.54, 1.807) is 0 Å². The molecule has 3 nitrogen and oxygen atoms in total. The van der Waals surface area contributed by atoms with Gasteiger partial charge in [0, 0.05) is 12.2 Å². The molecular weight excluding hydrogens is 250 g/mol. The van der Waals surface area contributed by atoms with Crippen molar-refractivity contribution in [3.63, 3.8) is 0 Å². The minimum Gasteiger partial charge on any atom is -0.389 e. The molecule has 1 aromatic rings. The third-order valence-electron chi connectivity index (χ3n) is 4.76. The van der Waals surface area contributed by atoms with E-state index in [4.69, 9.17) is 0 Å². The second kappa shape index (κ2) is 5.21. The maximum Gasteiger partial charge on any atom is 0.229 e. The number of amides is 1. The molecule has 0 atom stereocenters. The second-order valence-electron chi connectivity index (χ2n) is 6.34. The minimum atomic E-state index is -0.763. The molecule has 0 radical (unpaired) electrons. The fourth-order valence-electron chi connectivity index (χ4n) is 3.66. The van der Waals surface area contributed by atoms with Gasteiger partial charge in [-0.1, -0.05) is 37.5 Å². The van der Waals surface area contributed by atoms with Crippen LogP contribution >= 0.6 is 0 Å². The Morgan fingerprint density at radius 3 is 2.80 bits per heavy atom. The average Bonchev–Trinajstić information content (AvgIpc) is 2.84. The van der Waals surface area contributed by atoms with Crippen molar-refractivity contribution in [2.75, 3.05) is 11.4 Å². The average molecular weight is 273 g/mol. The number of carbonyl (C=O) groups is 1. The molecule has 1 fully saturated rings. The highest BCUT2D eigenvalue weighted by Gasteiger charge is 2.35. The molecule has 1 amide bonds. The molecule has 1 aliphatic carbocycles. The Kier molecular flexibility index (Phi) is 3.55. The van der Waals surface area contributed by atoms with Gasteiger partial charge in [0.15, 0.2) is 0 Å². The minimum absolute atomic E-state index is 0.0856. The van der Waals surface area contributed by atoms with Crippen molar-refractivity contribution in [1.29, 1.82) is 0 Å². The van der Waals surface area contributed by atoms with E-state index in [0.29, 0.717) is 0 Å². The van der Waals surface area contributed by atoms with Gasteiger partial charge in [0.05, 0.1) is 12.0 Å². The summed E-state index contributed by atoms with van der Waals surface area (Å²) >= 11 is 0. The Morgan fingerprint density at radius 1 is 1.30 bits per heavy atom. The number of rotatable bonds is 2. The third kappa shape index (κ3) is 2.47. The number of hydrogen-bond donors (Lipinski definition) is 1. The maximum absolute atomic E-state index is 12.6. The topological polar surface area (TPSA) is 40.5 Å². The molecule has 0 unspecified atom stereocenters. The zero-order valence-electron chi connectivity index (χ0n) is 12.2. The summed E-state index contributed by atoms with van der Waals surface area (Å²) in [5.74, 6) is 0.0856. The van der Waals surface area contributed by atoms with E-state index in [9.17, 15) is 9.90 Å². The molecule has 2 aliphatic rings. The van der Waals surface area contributed by atoms with E-state index in [1.165, 1.54) is 12.0 Å². The summed E-state index contributed by atoms with van der Waals surface area (Å²) in [5.41, 5.74) is 2.73. The normalized spacial score (nSPS) is 20.8. The van der Waals surface area contributed by atoms with Crippen molar-refractivity contribution in [1.82, 2.24) is 0 Å². The number of fused-ring (bicyclic) bond motifs is 1. The van der Waals surface area contributed by atoms with Crippen LogP contribution in [0, 0.1) is 6.92 Å². The van der Waals surface area contributed by atoms with Crippen LogP contribution in [0.15, 0.2) is 18.2 Å². The number of aliphatic hydroxyl groups is 1. The molecule has 0 aromatic heterocycles. The van der Waals surface area contributed by atoms with Crippen LogP contribution in [0.1, 0.15) is 49.7 Å². The first-order valence-corrected chi connectivity index (χ1v) is 7.70. The van der Waals surface area contributed by atoms with Crippen molar-refractivity contribution in [2.24, 2.45) is 0 Å². The van der Waals surface area contributed by atoms with Gasteiger partial charge in [-0.15, -0.1) is 0 Å². The highest BCUT2D eigenvalue weighted by Crippen LogP contribution is 2.35. The van der Waals surface area contributed by atoms with Crippen LogP contribution in [0.25, 0.3) is 0 Å². The van der Waals surface area contributed by atoms with Crippen molar-refractivity contribution in [3.8, 4) is 0 Å². The van der Waals surface area contributed by atoms with E-state index in [2.05, 4.69) is 25.1 Å². The predicted molar refractivity (Wildman–Crippen MR) is 79.9 cm³/mol. The summed E-state index contributed by atoms with van der Waals surface area (Å²) in [6.45, 7) is 2.81. The van der Waals surface area contributed by atoms with Gasteiger partial charge >= 0.3 is 0 Å². The molecule has 3 heteroatoms. The fraction of sp³-hybridized carbons (Fsp3) is 0.588. The summed E-state index contributed by atoms with van der Waals surface area (Å²) in [6, 6.07) is 6.21. The van der Waals surface area contributed by atoms with Gasteiger partial charge in [-0.3, -0.25) is 4.79 Å². The Bertz CT molecular complexity index is 518. The van der Waals surface area contributed by atoms with Gasteiger partial charge in [-0.25, -0.2) is 0 Å². The SMILES string of the molecule is Cc1cccc2c1N(C(=O)CC1(O)CCCCC1)CC2. The summed E-state index contributed by atoms with van der Waals surface area (Å²) < 4.78 is 0. The lowest BCUT2D eigenvalue weighted by Gasteiger charge is -2.33. The molecule has 1 N–H and O–H groups in total. The van der Waals surface area contributed by atoms with E-state index in [0.717, 1.165) is 49.9 Å². The fourth-order valence-corrected chi connectivity index (χ4v) is 3.66. The summed E-state index contributed by atoms with van der Waals surface area (Å²) in [7, 11) is 0. The highest BCUT2D eigenvalue weighted by atomic mass is 16.3. The Labute approximate surface area is 120 Å². The van der Waals surface area contributed by atoms with Crippen LogP contribution in [0.2, 0.25) is 0 Å². The largest absolute Gasteiger partial charge is 0.389 e. The van der Waals surface area contributed by atoms with Crippen molar-refractivity contribution < 1.29 is 9.90 Å². The number of aryl methyl sites for hydroxylation is 1. The number of benzene rings is 1. The molecule has 20 heavy (non-hydrogen) atoms. The van der Waals surface area contributed by atoms with Gasteiger partial charge in [0.1, 0.15) is 0 Å². The van der Waals surface area contributed by atoms with Crippen molar-refractivity contribution in [3.05, 3.63) is 29.3 Å². The van der Waals surface area contributed by atoms with Crippen LogP contribution in [-0.4, -0.2) is 23.2 Å². The standard InChI is InChI=1S/C17H23NO2/c1-13-6-5-7-14-8-11-18(16(13)14)15(19)12-17(20)9-3-2-4-10-17/h5-7,20H,2-4,8-12H2,1H3. The van der Waals surface area contributed by atoms with Crippen LogP contribution < -0.4 is 4.90 Å². The zero-order chi connectivity index (χ0) is 14.2. The number of anilines is 1. The van der Waals surface area contributed by atoms with Crippen LogP contribution in [0.3, 0.4) is 0 Å². The monoisotopic (exact) mass is 273 g/mol. The molecule has 0 bridgehead atoms. The molecular formula is C17H23NO2. The quantitative estimate of drug-likeness (QED) is 0.900. The zero-order valence-corrected chi connectivity index (χ0v) is 12.2. The molecule has 3 rings (SSSR count). The van der Waals surface area contributed by atoms with E-state index >= 15 is 0 Å². The van der Waals surface area contributed by atoms with E-state index in [1.807, 2.05) is 4.90 Å². The van der Waals surface area contributed by atoms with Gasteiger partial charge in [0.25, 0.3) is 0 Å². The van der Waals surface area contributed by atoms with E-state index in [-0.39, 0.29) is 12.3 Å². The van der Waals surface area contributed by atoms with Crippen LogP contribution in [0.5, 0.6) is 0 Å². The Morgan fingerprint density at radius 2 is 2.05 bits per heavy atom. The Hall–Kier alpha value is -1.35. The van der Waals surface area contributed by atoms with Crippen LogP contribution in [-0.2, 0) is 11.2 Å². The lowest BCUT2D eigenvalue weighted by atomic mass is 9.82. The van der Waals surface area contributed by atoms with Gasteiger partial charge in [-0.2, -0.15) is 0 Å². The van der Waals surface area contributed by atoms with Crippen molar-refractivity contribution in [2.45, 2.75) is 57.5 Å². The van der Waals surface area contributed by atoms with Crippen molar-refractivity contribution >= 4 is 11.6 Å². The molecule has 1 aliphatic heterocycles. The summed E-state index contributed by atoms with van der Waals surface area (Å²) in [6.07, 6.45) is 6.02. The number of nitrogens with zero attached hydrogens (tertiary/aromatic N) is 1. The Balaban J connectivity index is 1.77. The maximum atomic E-state index is 12.6. The number of carbonyl (C=O) groups excluding carboxylic acids is 1. The molecule has 1 saturated carbocycles. The summed E-state index contributed by atoms with van der Waals surface area (Å²) in [4.78, 5) is 14.5. The van der Waals surface area contributed by atoms with Gasteiger partial charge in [-0.05, 0) is 37.3 Å². The summed E-state index contributed by atoms with van der Waals surface area (Å²) in [5, 5.41) is 10.6. The number of para-hydroxylation sites is 1. The molecule has 0 spiro atoms. The van der Waals surface area contributed by atoms with Gasteiger partial charge < -0.3 is 10.0 Å². The predicted octanol–water partition coefficient (Wildman–Crippen LogP) is 2.97. The second-order valence-corrected chi connectivity index (χ2v) is 6.34. The van der Waals surface area contributed by atoms with Crippen LogP contribution in [0.4, 0.5) is 5.69 Å². The molecule has 1 heterocycles. The van der Waals surface area contributed by atoms with Gasteiger partial charge in [0.2, 0.25) is 5.91 Å².